The number of benzene rings is 1. The number of hydrogen-bond donors (Lipinski definition) is 2. The molecule has 170 valence electrons. The van der Waals surface area contributed by atoms with Crippen LogP contribution >= 0.6 is 0 Å². The van der Waals surface area contributed by atoms with Gasteiger partial charge in [-0.1, -0.05) is 0 Å². The Morgan fingerprint density at radius 2 is 1.45 bits per heavy atom. The monoisotopic (exact) mass is 495 g/mol. The van der Waals surface area contributed by atoms with Crippen molar-refractivity contribution in [3.63, 3.8) is 0 Å². The molecule has 0 unspecified atom stereocenters. The van der Waals surface area contributed by atoms with Gasteiger partial charge in [0.1, 0.15) is 5.75 Å². The van der Waals surface area contributed by atoms with Crippen molar-refractivity contribution in [3.8, 4) is 5.75 Å². The summed E-state index contributed by atoms with van der Waals surface area (Å²) in [6.07, 6.45) is -8.19. The van der Waals surface area contributed by atoms with E-state index in [-0.39, 0.29) is 35.1 Å². The molecule has 0 bridgehead atoms. The average Bonchev–Trinajstić information content (AvgIpc) is 2.64. The number of ether oxygens (including phenoxy) is 4. The Morgan fingerprint density at radius 3 is 1.90 bits per heavy atom. The molecule has 1 aromatic rings. The molecule has 1 saturated heterocycles. The first-order valence-electron chi connectivity index (χ1n) is 8.19. The number of carbonyl (C=O) groups excluding carboxylic acids is 1. The van der Waals surface area contributed by atoms with Crippen LogP contribution in [0, 0.1) is 0 Å². The second kappa shape index (κ2) is 11.3. The minimum atomic E-state index is -5.19. The molecule has 16 heteroatoms. The standard InChI is InChI=1S/C15H20O13S2.Na/c1-8-11(26-14(16)9-4-6-10(23-2)7-5-9)12(27-29(17,18)19)13(15(24-3)25-8)28-30(20,21)22;/h4-8,11-13,15H,1-3H3,(H,17,18,19)(H,20,21,22);/q;+1/t8-,11-,12+,13+,15+;/m0./s1. The first-order valence-corrected chi connectivity index (χ1v) is 10.9. The van der Waals surface area contributed by atoms with Crippen LogP contribution in [0.25, 0.3) is 0 Å². The summed E-state index contributed by atoms with van der Waals surface area (Å²) in [6, 6.07) is 5.65. The summed E-state index contributed by atoms with van der Waals surface area (Å²) in [5, 5.41) is 0. The summed E-state index contributed by atoms with van der Waals surface area (Å²) in [5.74, 6) is -0.499. The molecular formula is C15H20NaO13S2+. The van der Waals surface area contributed by atoms with Crippen LogP contribution in [0.2, 0.25) is 0 Å². The second-order valence-electron chi connectivity index (χ2n) is 6.02. The van der Waals surface area contributed by atoms with Crippen LogP contribution in [-0.4, -0.2) is 76.8 Å². The third-order valence-electron chi connectivity index (χ3n) is 3.99. The zero-order valence-electron chi connectivity index (χ0n) is 16.9. The molecule has 5 atom stereocenters. The topological polar surface area (TPSA) is 181 Å². The Labute approximate surface area is 201 Å². The van der Waals surface area contributed by atoms with Gasteiger partial charge in [-0.25, -0.2) is 13.2 Å². The van der Waals surface area contributed by atoms with Gasteiger partial charge in [0.25, 0.3) is 0 Å². The predicted molar refractivity (Wildman–Crippen MR) is 96.4 cm³/mol. The van der Waals surface area contributed by atoms with Crippen molar-refractivity contribution in [2.75, 3.05) is 14.2 Å². The fourth-order valence-electron chi connectivity index (χ4n) is 2.74. The summed E-state index contributed by atoms with van der Waals surface area (Å²) in [4.78, 5) is 12.5. The maximum absolute atomic E-state index is 12.5. The molecule has 0 aliphatic carbocycles. The van der Waals surface area contributed by atoms with Crippen LogP contribution in [0.1, 0.15) is 17.3 Å². The summed E-state index contributed by atoms with van der Waals surface area (Å²) < 4.78 is 92.5. The Bertz CT molecular complexity index is 948. The smallest absolute Gasteiger partial charge is 0.497 e. The Kier molecular flexibility index (Phi) is 10.3. The van der Waals surface area contributed by atoms with Crippen LogP contribution in [0.15, 0.2) is 24.3 Å². The Morgan fingerprint density at radius 1 is 0.935 bits per heavy atom. The SMILES string of the molecule is COc1ccc(C(=O)O[C@@H]2[C@@H](OS(=O)(=O)O)[C@@H](OS(=O)(=O)O)[C@H](OC)O[C@H]2C)cc1.[Na+]. The molecule has 2 rings (SSSR count). The maximum atomic E-state index is 12.5. The third-order valence-corrected chi connectivity index (χ3v) is 4.92. The zero-order chi connectivity index (χ0) is 22.7. The van der Waals surface area contributed by atoms with Crippen molar-refractivity contribution in [3.05, 3.63) is 29.8 Å². The van der Waals surface area contributed by atoms with E-state index in [1.54, 1.807) is 0 Å². The van der Waals surface area contributed by atoms with Gasteiger partial charge in [-0.05, 0) is 31.2 Å². The molecule has 2 N–H and O–H groups in total. The van der Waals surface area contributed by atoms with Crippen LogP contribution in [0.4, 0.5) is 0 Å². The van der Waals surface area contributed by atoms with Crippen LogP contribution in [0.3, 0.4) is 0 Å². The molecule has 0 radical (unpaired) electrons. The van der Waals surface area contributed by atoms with Crippen molar-refractivity contribution in [1.29, 1.82) is 0 Å². The number of methoxy groups -OCH3 is 2. The molecule has 0 spiro atoms. The summed E-state index contributed by atoms with van der Waals surface area (Å²) in [6.45, 7) is 1.35. The molecule has 1 aromatic carbocycles. The molecule has 0 aromatic heterocycles. The summed E-state index contributed by atoms with van der Waals surface area (Å²) in [5.41, 5.74) is 0.0368. The molecule has 0 saturated carbocycles. The van der Waals surface area contributed by atoms with Gasteiger partial charge in [0.15, 0.2) is 24.6 Å². The first-order chi connectivity index (χ1) is 13.8. The average molecular weight is 495 g/mol. The van der Waals surface area contributed by atoms with Crippen LogP contribution in [0.5, 0.6) is 5.75 Å². The molecule has 13 nitrogen and oxygen atoms in total. The molecule has 0 amide bonds. The molecule has 1 aliphatic rings. The van der Waals surface area contributed by atoms with Gasteiger partial charge < -0.3 is 18.9 Å². The number of carbonyl (C=O) groups is 1. The van der Waals surface area contributed by atoms with Crippen molar-refractivity contribution in [1.82, 2.24) is 0 Å². The van der Waals surface area contributed by atoms with Crippen molar-refractivity contribution in [2.24, 2.45) is 0 Å². The van der Waals surface area contributed by atoms with Crippen molar-refractivity contribution < 1.29 is 87.6 Å². The summed E-state index contributed by atoms with van der Waals surface area (Å²) >= 11 is 0. The van der Waals surface area contributed by atoms with Crippen LogP contribution in [-0.2, 0) is 43.4 Å². The van der Waals surface area contributed by atoms with Gasteiger partial charge in [-0.15, -0.1) is 0 Å². The Hall–Kier alpha value is -0.850. The van der Waals surface area contributed by atoms with Gasteiger partial charge in [-0.2, -0.15) is 16.8 Å². The van der Waals surface area contributed by atoms with E-state index in [1.165, 1.54) is 38.3 Å². The fourth-order valence-corrected chi connectivity index (χ4v) is 3.72. The third kappa shape index (κ3) is 8.21. The van der Waals surface area contributed by atoms with E-state index in [0.29, 0.717) is 5.75 Å². The van der Waals surface area contributed by atoms with Gasteiger partial charge in [0, 0.05) is 7.11 Å². The van der Waals surface area contributed by atoms with E-state index >= 15 is 0 Å². The molecule has 1 heterocycles. The predicted octanol–water partition coefficient (Wildman–Crippen LogP) is -3.01. The van der Waals surface area contributed by atoms with E-state index in [4.69, 9.17) is 28.1 Å². The molecule has 1 fully saturated rings. The minimum Gasteiger partial charge on any atom is -0.497 e. The van der Waals surface area contributed by atoms with Crippen molar-refractivity contribution in [2.45, 2.75) is 37.6 Å². The van der Waals surface area contributed by atoms with Gasteiger partial charge >= 0.3 is 56.3 Å². The molecule has 31 heavy (non-hydrogen) atoms. The molecule has 1 aliphatic heterocycles. The first kappa shape index (κ1) is 28.2. The van der Waals surface area contributed by atoms with E-state index < -0.39 is 57.5 Å². The van der Waals surface area contributed by atoms with Crippen molar-refractivity contribution >= 4 is 26.8 Å². The second-order valence-corrected chi connectivity index (χ2v) is 8.12. The Balaban J connectivity index is 0.00000480. The van der Waals surface area contributed by atoms with E-state index in [2.05, 4.69) is 8.37 Å². The van der Waals surface area contributed by atoms with Gasteiger partial charge in [0.05, 0.1) is 18.8 Å². The molecular weight excluding hydrogens is 475 g/mol. The quantitative estimate of drug-likeness (QED) is 0.212. The van der Waals surface area contributed by atoms with E-state index in [0.717, 1.165) is 7.11 Å². The van der Waals surface area contributed by atoms with Gasteiger partial charge in [0.2, 0.25) is 0 Å². The van der Waals surface area contributed by atoms with E-state index in [9.17, 15) is 21.6 Å². The number of hydrogen-bond acceptors (Lipinski definition) is 11. The largest absolute Gasteiger partial charge is 1.00 e. The van der Waals surface area contributed by atoms with Crippen LogP contribution < -0.4 is 34.3 Å². The van der Waals surface area contributed by atoms with E-state index in [1.807, 2.05) is 0 Å². The summed E-state index contributed by atoms with van der Waals surface area (Å²) in [7, 11) is -7.84. The number of esters is 1. The number of rotatable bonds is 8. The fraction of sp³-hybridized carbons (Fsp3) is 0.533. The normalized spacial score (nSPS) is 26.5. The van der Waals surface area contributed by atoms with Gasteiger partial charge in [-0.3, -0.25) is 9.11 Å². The maximum Gasteiger partial charge on any atom is 1.00 e. The zero-order valence-corrected chi connectivity index (χ0v) is 20.5. The minimum absolute atomic E-state index is 0.